The average Bonchev–Trinajstić information content (AvgIpc) is 2.70. The Labute approximate surface area is 185 Å². The maximum atomic E-state index is 12.8. The van der Waals surface area contributed by atoms with Gasteiger partial charge in [-0.3, -0.25) is 0 Å². The summed E-state index contributed by atoms with van der Waals surface area (Å²) in [7, 11) is -3.48. The molecule has 1 heterocycles. The smallest absolute Gasteiger partial charge is 0.243 e. The van der Waals surface area contributed by atoms with Gasteiger partial charge in [-0.1, -0.05) is 45.7 Å². The fourth-order valence-corrected chi connectivity index (χ4v) is 5.21. The third-order valence-electron chi connectivity index (χ3n) is 4.93. The number of hydrogen-bond donors (Lipinski definition) is 2. The number of piperazine rings is 1. The van der Waals surface area contributed by atoms with Crippen molar-refractivity contribution in [2.75, 3.05) is 39.3 Å². The molecule has 1 aliphatic heterocycles. The Hall–Kier alpha value is -1.00. The molecule has 0 spiro atoms. The lowest BCUT2D eigenvalue weighted by Crippen LogP contribution is -3.15. The van der Waals surface area contributed by atoms with Crippen molar-refractivity contribution in [3.05, 3.63) is 63.6 Å². The van der Waals surface area contributed by atoms with Crippen LogP contribution in [0.1, 0.15) is 5.56 Å². The van der Waals surface area contributed by atoms with Crippen molar-refractivity contribution in [3.8, 4) is 0 Å². The zero-order valence-corrected chi connectivity index (χ0v) is 19.1. The van der Waals surface area contributed by atoms with E-state index in [0.717, 1.165) is 10.0 Å². The van der Waals surface area contributed by atoms with E-state index in [1.54, 1.807) is 24.3 Å². The number of quaternary nitrogens is 1. The molecule has 9 heteroatoms. The summed E-state index contributed by atoms with van der Waals surface area (Å²) in [5.74, 6) is 0. The van der Waals surface area contributed by atoms with Crippen LogP contribution in [0.2, 0.25) is 5.02 Å². The number of aliphatic hydroxyl groups is 1. The summed E-state index contributed by atoms with van der Waals surface area (Å²) in [6, 6.07) is 14.1. The van der Waals surface area contributed by atoms with Crippen LogP contribution in [-0.2, 0) is 21.4 Å². The summed E-state index contributed by atoms with van der Waals surface area (Å²) in [6.07, 6.45) is -0.609. The van der Waals surface area contributed by atoms with Gasteiger partial charge in [0.25, 0.3) is 0 Å². The zero-order chi connectivity index (χ0) is 20.9. The van der Waals surface area contributed by atoms with E-state index in [1.807, 2.05) is 24.3 Å². The number of aliphatic hydroxyl groups excluding tert-OH is 1. The zero-order valence-electron chi connectivity index (χ0n) is 15.9. The lowest BCUT2D eigenvalue weighted by atomic mass is 10.2. The second kappa shape index (κ2) is 10.3. The van der Waals surface area contributed by atoms with Crippen molar-refractivity contribution in [1.29, 1.82) is 0 Å². The maximum absolute atomic E-state index is 12.8. The Bertz CT molecular complexity index is 903. The largest absolute Gasteiger partial charge is 0.385 e. The van der Waals surface area contributed by atoms with Gasteiger partial charge in [0.05, 0.1) is 44.3 Å². The molecule has 1 saturated heterocycles. The summed E-state index contributed by atoms with van der Waals surface area (Å²) >= 11 is 9.42. The monoisotopic (exact) mass is 503 g/mol. The number of rotatable bonds is 8. The number of sulfonamides is 1. The lowest BCUT2D eigenvalue weighted by Gasteiger charge is -2.32. The molecule has 1 atom stereocenters. The minimum absolute atomic E-state index is 0.218. The van der Waals surface area contributed by atoms with Crippen LogP contribution in [0.5, 0.6) is 0 Å². The van der Waals surface area contributed by atoms with Gasteiger partial charge in [-0.25, -0.2) is 8.42 Å². The Morgan fingerprint density at radius 2 is 1.79 bits per heavy atom. The number of nitrogens with zero attached hydrogens (tertiary/aromatic N) is 1. The molecule has 29 heavy (non-hydrogen) atoms. The van der Waals surface area contributed by atoms with Crippen molar-refractivity contribution < 1.29 is 23.2 Å². The van der Waals surface area contributed by atoms with Crippen molar-refractivity contribution in [3.63, 3.8) is 0 Å². The van der Waals surface area contributed by atoms with Gasteiger partial charge in [0.1, 0.15) is 12.6 Å². The molecule has 1 fully saturated rings. The fraction of sp³-hybridized carbons (Fsp3) is 0.400. The topological polar surface area (TPSA) is 71.3 Å². The predicted octanol–water partition coefficient (Wildman–Crippen LogP) is 1.57. The molecule has 0 amide bonds. The van der Waals surface area contributed by atoms with Crippen molar-refractivity contribution in [2.45, 2.75) is 17.6 Å². The minimum Gasteiger partial charge on any atom is -0.385 e. The lowest BCUT2D eigenvalue weighted by molar-refractivity contribution is -0.906. The first-order valence-corrected chi connectivity index (χ1v) is 12.1. The van der Waals surface area contributed by atoms with Gasteiger partial charge in [0.15, 0.2) is 0 Å². The quantitative estimate of drug-likeness (QED) is 0.573. The molecule has 0 saturated carbocycles. The van der Waals surface area contributed by atoms with Crippen LogP contribution < -0.4 is 4.90 Å². The number of halogens is 2. The van der Waals surface area contributed by atoms with Crippen LogP contribution in [0.25, 0.3) is 0 Å². The Morgan fingerprint density at radius 3 is 2.45 bits per heavy atom. The third kappa shape index (κ3) is 6.24. The van der Waals surface area contributed by atoms with Crippen LogP contribution in [0.4, 0.5) is 0 Å². The molecule has 158 valence electrons. The number of nitrogens with one attached hydrogen (secondary N) is 1. The summed E-state index contributed by atoms with van der Waals surface area (Å²) in [4.78, 5) is 1.47. The highest BCUT2D eigenvalue weighted by Gasteiger charge is 2.31. The van der Waals surface area contributed by atoms with Crippen molar-refractivity contribution in [1.82, 2.24) is 4.31 Å². The van der Waals surface area contributed by atoms with E-state index in [2.05, 4.69) is 15.9 Å². The van der Waals surface area contributed by atoms with E-state index in [-0.39, 0.29) is 6.61 Å². The Kier molecular flexibility index (Phi) is 8.09. The van der Waals surface area contributed by atoms with Crippen LogP contribution in [0, 0.1) is 0 Å². The van der Waals surface area contributed by atoms with Crippen molar-refractivity contribution >= 4 is 37.6 Å². The summed E-state index contributed by atoms with van der Waals surface area (Å²) in [6.45, 7) is 3.26. The van der Waals surface area contributed by atoms with E-state index in [4.69, 9.17) is 16.3 Å². The molecule has 0 unspecified atom stereocenters. The number of benzene rings is 2. The molecule has 0 radical (unpaired) electrons. The van der Waals surface area contributed by atoms with Crippen molar-refractivity contribution in [2.24, 2.45) is 0 Å². The average molecular weight is 505 g/mol. The van der Waals surface area contributed by atoms with E-state index in [1.165, 1.54) is 9.21 Å². The first-order chi connectivity index (χ1) is 13.9. The third-order valence-corrected chi connectivity index (χ3v) is 7.74. The van der Waals surface area contributed by atoms with Crippen LogP contribution >= 0.6 is 27.5 Å². The first kappa shape index (κ1) is 22.7. The highest BCUT2D eigenvalue weighted by atomic mass is 79.9. The van der Waals surface area contributed by atoms with Gasteiger partial charge < -0.3 is 14.7 Å². The normalized spacial score (nSPS) is 17.3. The molecule has 2 aromatic rings. The molecule has 0 bridgehead atoms. The highest BCUT2D eigenvalue weighted by molar-refractivity contribution is 9.10. The van der Waals surface area contributed by atoms with Gasteiger partial charge >= 0.3 is 0 Å². The Morgan fingerprint density at radius 1 is 1.14 bits per heavy atom. The van der Waals surface area contributed by atoms with Crippen LogP contribution in [0.15, 0.2) is 57.9 Å². The second-order valence-electron chi connectivity index (χ2n) is 7.07. The van der Waals surface area contributed by atoms with Gasteiger partial charge in [0, 0.05) is 9.50 Å². The van der Waals surface area contributed by atoms with E-state index in [9.17, 15) is 13.5 Å². The summed E-state index contributed by atoms with van der Waals surface area (Å²) < 4.78 is 33.5. The first-order valence-electron chi connectivity index (χ1n) is 9.45. The van der Waals surface area contributed by atoms with E-state index < -0.39 is 16.1 Å². The van der Waals surface area contributed by atoms with E-state index >= 15 is 0 Å². The van der Waals surface area contributed by atoms with Gasteiger partial charge in [0.2, 0.25) is 10.0 Å². The molecule has 1 aliphatic rings. The fourth-order valence-electron chi connectivity index (χ4n) is 3.32. The molecule has 0 aliphatic carbocycles. The maximum Gasteiger partial charge on any atom is 0.243 e. The van der Waals surface area contributed by atoms with Crippen LogP contribution in [-0.4, -0.2) is 63.3 Å². The molecule has 2 N–H and O–H groups in total. The molecular weight excluding hydrogens is 480 g/mol. The minimum atomic E-state index is -3.48. The van der Waals surface area contributed by atoms with Gasteiger partial charge in [-0.2, -0.15) is 4.31 Å². The SMILES string of the molecule is O=S(=O)(c1ccc(Br)cc1)N1CC[NH+](C[C@H](O)COCc2ccccc2Cl)CC1. The highest BCUT2D eigenvalue weighted by Crippen LogP contribution is 2.19. The predicted molar refractivity (Wildman–Crippen MR) is 116 cm³/mol. The van der Waals surface area contributed by atoms with E-state index in [0.29, 0.717) is 49.2 Å². The summed E-state index contributed by atoms with van der Waals surface area (Å²) in [5, 5.41) is 10.9. The Balaban J connectivity index is 1.43. The van der Waals surface area contributed by atoms with Gasteiger partial charge in [-0.05, 0) is 35.9 Å². The molecular formula is C20H25BrClN2O4S+. The molecule has 3 rings (SSSR count). The molecule has 0 aromatic heterocycles. The molecule has 6 nitrogen and oxygen atoms in total. The number of hydrogen-bond acceptors (Lipinski definition) is 4. The van der Waals surface area contributed by atoms with Crippen LogP contribution in [0.3, 0.4) is 0 Å². The summed E-state index contributed by atoms with van der Waals surface area (Å²) in [5.41, 5.74) is 0.889. The second-order valence-corrected chi connectivity index (χ2v) is 10.3. The van der Waals surface area contributed by atoms with Gasteiger partial charge in [-0.15, -0.1) is 0 Å². The molecule has 2 aromatic carbocycles. The number of ether oxygens (including phenoxy) is 1. The standard InChI is InChI=1S/C20H24BrClN2O4S/c21-17-5-7-19(8-6-17)29(26,27)24-11-9-23(10-12-24)13-18(25)15-28-14-16-3-1-2-4-20(16)22/h1-8,18,25H,9-15H2/p+1/t18-/m0/s1.